The number of anilines is 1. The van der Waals surface area contributed by atoms with Crippen LogP contribution in [0.15, 0.2) is 10.9 Å². The van der Waals surface area contributed by atoms with Crippen molar-refractivity contribution in [3.8, 4) is 6.07 Å². The minimum Gasteiger partial charge on any atom is -0.385 e. The van der Waals surface area contributed by atoms with E-state index in [0.29, 0.717) is 5.82 Å². The molecule has 4 nitrogen and oxygen atoms in total. The number of nitrogens with one attached hydrogen (secondary N) is 1. The average molecular weight is 269 g/mol. The summed E-state index contributed by atoms with van der Waals surface area (Å²) in [6, 6.07) is 3.76. The Bertz CT molecular complexity index is 632. The normalized spacial score (nSPS) is 37.9. The maximum atomic E-state index is 11.7. The molecule has 1 aromatic rings. The quantitative estimate of drug-likeness (QED) is 0.820. The molecule has 0 amide bonds. The fraction of sp³-hybridized carbons (Fsp3) is 0.625. The van der Waals surface area contributed by atoms with E-state index in [2.05, 4.69) is 4.98 Å². The highest BCUT2D eigenvalue weighted by Gasteiger charge is 2.52. The van der Waals surface area contributed by atoms with Gasteiger partial charge in [0, 0.05) is 5.56 Å². The highest BCUT2D eigenvalue weighted by Crippen LogP contribution is 2.61. The number of rotatable bonds is 1. The minimum atomic E-state index is -0.363. The van der Waals surface area contributed by atoms with Crippen molar-refractivity contribution in [3.63, 3.8) is 0 Å². The second-order valence-corrected chi connectivity index (χ2v) is 7.15. The van der Waals surface area contributed by atoms with Crippen molar-refractivity contribution in [1.29, 1.82) is 5.26 Å². The van der Waals surface area contributed by atoms with Crippen molar-refractivity contribution in [1.82, 2.24) is 4.98 Å². The molecule has 3 N–H and O–H groups in total. The molecule has 4 heteroatoms. The lowest BCUT2D eigenvalue weighted by molar-refractivity contribution is -0.00497. The summed E-state index contributed by atoms with van der Waals surface area (Å²) >= 11 is 0. The maximum absolute atomic E-state index is 11.7. The molecule has 0 atom stereocenters. The number of H-pyrrole nitrogens is 1. The van der Waals surface area contributed by atoms with Gasteiger partial charge in [-0.25, -0.2) is 0 Å². The van der Waals surface area contributed by atoms with Crippen molar-refractivity contribution in [2.24, 2.45) is 17.8 Å². The van der Waals surface area contributed by atoms with E-state index in [0.717, 1.165) is 23.3 Å². The zero-order valence-corrected chi connectivity index (χ0v) is 11.5. The molecular formula is C16H19N3O. The molecule has 4 fully saturated rings. The summed E-state index contributed by atoms with van der Waals surface area (Å²) in [5.74, 6) is 2.94. The molecule has 104 valence electrons. The van der Waals surface area contributed by atoms with Crippen LogP contribution in [0.5, 0.6) is 0 Å². The van der Waals surface area contributed by atoms with Crippen LogP contribution in [-0.2, 0) is 5.41 Å². The number of pyridine rings is 1. The zero-order chi connectivity index (χ0) is 13.9. The second kappa shape index (κ2) is 3.88. The van der Waals surface area contributed by atoms with Crippen LogP contribution in [-0.4, -0.2) is 4.98 Å². The lowest BCUT2D eigenvalue weighted by atomic mass is 9.48. The predicted molar refractivity (Wildman–Crippen MR) is 76.0 cm³/mol. The predicted octanol–water partition coefficient (Wildman–Crippen LogP) is 2.30. The Morgan fingerprint density at radius 3 is 2.25 bits per heavy atom. The topological polar surface area (TPSA) is 82.7 Å². The van der Waals surface area contributed by atoms with E-state index >= 15 is 0 Å². The van der Waals surface area contributed by atoms with Crippen LogP contribution in [0, 0.1) is 29.1 Å². The Balaban J connectivity index is 1.85. The number of hydrogen-bond donors (Lipinski definition) is 2. The highest BCUT2D eigenvalue weighted by atomic mass is 16.1. The molecule has 4 bridgehead atoms. The molecular weight excluding hydrogens is 250 g/mol. The molecule has 0 radical (unpaired) electrons. The van der Waals surface area contributed by atoms with E-state index in [9.17, 15) is 4.79 Å². The Hall–Kier alpha value is -1.76. The molecule has 0 aliphatic heterocycles. The first-order valence-electron chi connectivity index (χ1n) is 7.53. The number of nitrogen functional groups attached to an aromatic ring is 1. The molecule has 0 spiro atoms. The SMILES string of the molecule is N#Cc1cc(C23CC4CC(CC(C4)C2)C3)c(N)[nH]c1=O. The fourth-order valence-corrected chi connectivity index (χ4v) is 5.51. The van der Waals surface area contributed by atoms with E-state index in [-0.39, 0.29) is 16.5 Å². The smallest absolute Gasteiger partial charge is 0.267 e. The molecule has 20 heavy (non-hydrogen) atoms. The van der Waals surface area contributed by atoms with Crippen LogP contribution < -0.4 is 11.3 Å². The van der Waals surface area contributed by atoms with Gasteiger partial charge in [0.1, 0.15) is 17.5 Å². The molecule has 5 rings (SSSR count). The summed E-state index contributed by atoms with van der Waals surface area (Å²) in [5, 5.41) is 9.10. The van der Waals surface area contributed by atoms with Gasteiger partial charge in [0.25, 0.3) is 5.56 Å². The summed E-state index contributed by atoms with van der Waals surface area (Å²) < 4.78 is 0. The molecule has 4 saturated carbocycles. The molecule has 0 saturated heterocycles. The second-order valence-electron chi connectivity index (χ2n) is 7.15. The number of nitrogens with zero attached hydrogens (tertiary/aromatic N) is 1. The number of aromatic nitrogens is 1. The lowest BCUT2D eigenvalue weighted by Gasteiger charge is -2.57. The number of aromatic amines is 1. The van der Waals surface area contributed by atoms with Gasteiger partial charge in [0.05, 0.1) is 0 Å². The van der Waals surface area contributed by atoms with Crippen LogP contribution in [0.4, 0.5) is 5.82 Å². The summed E-state index contributed by atoms with van der Waals surface area (Å²) in [4.78, 5) is 14.4. The van der Waals surface area contributed by atoms with Crippen LogP contribution in [0.25, 0.3) is 0 Å². The van der Waals surface area contributed by atoms with Crippen LogP contribution in [0.1, 0.15) is 49.7 Å². The standard InChI is InChI=1S/C16H19N3O/c17-8-12-4-13(14(18)19-15(12)20)16-5-9-1-10(6-16)3-11(2-9)7-16/h4,9-11H,1-3,5-7H2,(H3,18,19,20). The Morgan fingerprint density at radius 2 is 1.75 bits per heavy atom. The van der Waals surface area contributed by atoms with Gasteiger partial charge in [-0.15, -0.1) is 0 Å². The number of nitrogens with two attached hydrogens (primary N) is 1. The zero-order valence-electron chi connectivity index (χ0n) is 11.5. The maximum Gasteiger partial charge on any atom is 0.267 e. The van der Waals surface area contributed by atoms with E-state index in [1.807, 2.05) is 6.07 Å². The summed E-state index contributed by atoms with van der Waals surface area (Å²) in [5.41, 5.74) is 7.09. The first-order chi connectivity index (χ1) is 9.59. The van der Waals surface area contributed by atoms with Gasteiger partial charge in [0.15, 0.2) is 0 Å². The van der Waals surface area contributed by atoms with Crippen molar-refractivity contribution < 1.29 is 0 Å². The van der Waals surface area contributed by atoms with E-state index in [4.69, 9.17) is 11.0 Å². The molecule has 0 aromatic carbocycles. The van der Waals surface area contributed by atoms with Gasteiger partial charge in [-0.2, -0.15) is 5.26 Å². The molecule has 4 aliphatic rings. The van der Waals surface area contributed by atoms with Crippen molar-refractivity contribution in [3.05, 3.63) is 27.5 Å². The van der Waals surface area contributed by atoms with Gasteiger partial charge < -0.3 is 10.7 Å². The Labute approximate surface area is 118 Å². The number of hydrogen-bond acceptors (Lipinski definition) is 3. The van der Waals surface area contributed by atoms with Crippen LogP contribution in [0.2, 0.25) is 0 Å². The van der Waals surface area contributed by atoms with Gasteiger partial charge in [-0.3, -0.25) is 4.79 Å². The van der Waals surface area contributed by atoms with Crippen LogP contribution >= 0.6 is 0 Å². The summed E-state index contributed by atoms with van der Waals surface area (Å²) in [6.45, 7) is 0. The van der Waals surface area contributed by atoms with Gasteiger partial charge >= 0.3 is 0 Å². The summed E-state index contributed by atoms with van der Waals surface area (Å²) in [6.07, 6.45) is 7.65. The largest absolute Gasteiger partial charge is 0.385 e. The third-order valence-corrected chi connectivity index (χ3v) is 5.80. The monoisotopic (exact) mass is 269 g/mol. The first kappa shape index (κ1) is 12.0. The Kier molecular flexibility index (Phi) is 2.33. The van der Waals surface area contributed by atoms with E-state index < -0.39 is 0 Å². The number of nitriles is 1. The lowest BCUT2D eigenvalue weighted by Crippen LogP contribution is -2.49. The first-order valence-corrected chi connectivity index (χ1v) is 7.53. The molecule has 4 aliphatic carbocycles. The molecule has 1 heterocycles. The third-order valence-electron chi connectivity index (χ3n) is 5.80. The van der Waals surface area contributed by atoms with Crippen LogP contribution in [0.3, 0.4) is 0 Å². The molecule has 1 aromatic heterocycles. The highest BCUT2D eigenvalue weighted by molar-refractivity contribution is 5.49. The average Bonchev–Trinajstić information content (AvgIpc) is 2.36. The van der Waals surface area contributed by atoms with Crippen molar-refractivity contribution in [2.45, 2.75) is 43.9 Å². The van der Waals surface area contributed by atoms with Gasteiger partial charge in [0.2, 0.25) is 0 Å². The fourth-order valence-electron chi connectivity index (χ4n) is 5.51. The molecule has 0 unspecified atom stereocenters. The van der Waals surface area contributed by atoms with E-state index in [1.54, 1.807) is 6.07 Å². The summed E-state index contributed by atoms with van der Waals surface area (Å²) in [7, 11) is 0. The van der Waals surface area contributed by atoms with Gasteiger partial charge in [-0.05, 0) is 67.8 Å². The van der Waals surface area contributed by atoms with Crippen molar-refractivity contribution >= 4 is 5.82 Å². The minimum absolute atomic E-state index is 0.120. The van der Waals surface area contributed by atoms with Gasteiger partial charge in [-0.1, -0.05) is 0 Å². The third kappa shape index (κ3) is 1.56. The van der Waals surface area contributed by atoms with E-state index in [1.165, 1.54) is 38.5 Å². The Morgan fingerprint density at radius 1 is 1.20 bits per heavy atom. The van der Waals surface area contributed by atoms with Crippen molar-refractivity contribution in [2.75, 3.05) is 5.73 Å².